The number of carbonyl (C=O) groups excluding carboxylic acids is 1. The van der Waals surface area contributed by atoms with Crippen LogP contribution in [0.4, 0.5) is 0 Å². The minimum atomic E-state index is -0.335. The van der Waals surface area contributed by atoms with Crippen molar-refractivity contribution in [1.29, 1.82) is 0 Å². The number of rotatable bonds is 9. The van der Waals surface area contributed by atoms with E-state index in [1.54, 1.807) is 0 Å². The van der Waals surface area contributed by atoms with Gasteiger partial charge < -0.3 is 13.9 Å². The lowest BCUT2D eigenvalue weighted by atomic mass is 9.65. The van der Waals surface area contributed by atoms with Gasteiger partial charge in [0, 0.05) is 12.0 Å². The van der Waals surface area contributed by atoms with Gasteiger partial charge in [-0.2, -0.15) is 0 Å². The van der Waals surface area contributed by atoms with Crippen LogP contribution in [0.2, 0.25) is 0 Å². The van der Waals surface area contributed by atoms with Crippen molar-refractivity contribution in [3.63, 3.8) is 0 Å². The lowest BCUT2D eigenvalue weighted by Gasteiger charge is -2.39. The molecule has 3 aromatic rings. The summed E-state index contributed by atoms with van der Waals surface area (Å²) in [6.07, 6.45) is 4.31. The SMILES string of the molecule is CCOC(=O)C1(Cc2ccc(OCCc3nc(-c4ccc(C)cc4)oc3C)cc2)CCC1. The molecule has 5 nitrogen and oxygen atoms in total. The molecule has 1 heterocycles. The van der Waals surface area contributed by atoms with Crippen molar-refractivity contribution in [2.75, 3.05) is 13.2 Å². The van der Waals surface area contributed by atoms with Crippen LogP contribution in [0.1, 0.15) is 48.8 Å². The number of hydrogen-bond acceptors (Lipinski definition) is 5. The van der Waals surface area contributed by atoms with E-state index in [2.05, 4.69) is 24.0 Å². The van der Waals surface area contributed by atoms with Gasteiger partial charge in [0.1, 0.15) is 11.5 Å². The van der Waals surface area contributed by atoms with Crippen molar-refractivity contribution in [1.82, 2.24) is 4.98 Å². The summed E-state index contributed by atoms with van der Waals surface area (Å²) in [6, 6.07) is 16.2. The zero-order valence-corrected chi connectivity index (χ0v) is 19.1. The molecule has 0 radical (unpaired) electrons. The monoisotopic (exact) mass is 433 g/mol. The summed E-state index contributed by atoms with van der Waals surface area (Å²) in [4.78, 5) is 17.0. The van der Waals surface area contributed by atoms with E-state index in [9.17, 15) is 4.79 Å². The van der Waals surface area contributed by atoms with Crippen molar-refractivity contribution in [3.8, 4) is 17.2 Å². The van der Waals surface area contributed by atoms with Crippen molar-refractivity contribution in [3.05, 3.63) is 71.1 Å². The molecule has 32 heavy (non-hydrogen) atoms. The van der Waals surface area contributed by atoms with Crippen LogP contribution < -0.4 is 4.74 Å². The molecule has 0 amide bonds. The Morgan fingerprint density at radius 1 is 1.06 bits per heavy atom. The molecule has 0 spiro atoms. The second kappa shape index (κ2) is 9.60. The van der Waals surface area contributed by atoms with Crippen LogP contribution in [0.3, 0.4) is 0 Å². The fourth-order valence-electron chi connectivity index (χ4n) is 4.18. The Kier molecular flexibility index (Phi) is 6.63. The summed E-state index contributed by atoms with van der Waals surface area (Å²) < 4.78 is 17.1. The first-order valence-electron chi connectivity index (χ1n) is 11.4. The number of ether oxygens (including phenoxy) is 2. The number of carbonyl (C=O) groups is 1. The first-order chi connectivity index (χ1) is 15.5. The van der Waals surface area contributed by atoms with Crippen LogP contribution in [0, 0.1) is 19.3 Å². The van der Waals surface area contributed by atoms with E-state index in [0.29, 0.717) is 25.5 Å². The van der Waals surface area contributed by atoms with Gasteiger partial charge in [0.15, 0.2) is 0 Å². The molecule has 1 aromatic heterocycles. The molecule has 0 bridgehead atoms. The largest absolute Gasteiger partial charge is 0.493 e. The Bertz CT molecular complexity index is 1050. The van der Waals surface area contributed by atoms with E-state index in [-0.39, 0.29) is 11.4 Å². The molecule has 0 atom stereocenters. The van der Waals surface area contributed by atoms with Gasteiger partial charge in [-0.1, -0.05) is 36.2 Å². The summed E-state index contributed by atoms with van der Waals surface area (Å²) in [5.74, 6) is 2.23. The van der Waals surface area contributed by atoms with Crippen molar-refractivity contribution in [2.45, 2.75) is 52.9 Å². The second-order valence-electron chi connectivity index (χ2n) is 8.66. The highest BCUT2D eigenvalue weighted by atomic mass is 16.5. The number of oxazole rings is 1. The molecule has 0 N–H and O–H groups in total. The number of nitrogens with zero attached hydrogens (tertiary/aromatic N) is 1. The average Bonchev–Trinajstić information content (AvgIpc) is 3.13. The maximum atomic E-state index is 12.4. The predicted molar refractivity (Wildman–Crippen MR) is 124 cm³/mol. The van der Waals surface area contributed by atoms with Gasteiger partial charge in [0.25, 0.3) is 0 Å². The highest BCUT2D eigenvalue weighted by Gasteiger charge is 2.45. The van der Waals surface area contributed by atoms with Crippen LogP contribution in [0.5, 0.6) is 5.75 Å². The molecule has 1 aliphatic carbocycles. The van der Waals surface area contributed by atoms with E-state index in [0.717, 1.165) is 54.0 Å². The third kappa shape index (κ3) is 4.87. The lowest BCUT2D eigenvalue weighted by molar-refractivity contribution is -0.161. The first kappa shape index (κ1) is 22.1. The molecule has 1 fully saturated rings. The summed E-state index contributed by atoms with van der Waals surface area (Å²) in [7, 11) is 0. The molecule has 5 heteroatoms. The Morgan fingerprint density at radius 3 is 2.41 bits per heavy atom. The van der Waals surface area contributed by atoms with Crippen molar-refractivity contribution < 1.29 is 18.7 Å². The van der Waals surface area contributed by atoms with E-state index >= 15 is 0 Å². The summed E-state index contributed by atoms with van der Waals surface area (Å²) >= 11 is 0. The molecule has 4 rings (SSSR count). The molecule has 0 aliphatic heterocycles. The van der Waals surface area contributed by atoms with Gasteiger partial charge in [-0.15, -0.1) is 0 Å². The normalized spacial score (nSPS) is 14.6. The van der Waals surface area contributed by atoms with Crippen LogP contribution in [0.25, 0.3) is 11.5 Å². The highest BCUT2D eigenvalue weighted by Crippen LogP contribution is 2.45. The minimum Gasteiger partial charge on any atom is -0.493 e. The molecule has 1 saturated carbocycles. The Balaban J connectivity index is 1.31. The van der Waals surface area contributed by atoms with Gasteiger partial charge in [0.2, 0.25) is 5.89 Å². The van der Waals surface area contributed by atoms with E-state index < -0.39 is 0 Å². The Morgan fingerprint density at radius 2 is 1.78 bits per heavy atom. The number of hydrogen-bond donors (Lipinski definition) is 0. The number of esters is 1. The van der Waals surface area contributed by atoms with Gasteiger partial charge >= 0.3 is 5.97 Å². The maximum absolute atomic E-state index is 12.4. The maximum Gasteiger partial charge on any atom is 0.312 e. The number of benzene rings is 2. The van der Waals surface area contributed by atoms with Crippen LogP contribution in [-0.2, 0) is 22.4 Å². The zero-order chi connectivity index (χ0) is 22.6. The fraction of sp³-hybridized carbons (Fsp3) is 0.407. The smallest absolute Gasteiger partial charge is 0.312 e. The van der Waals surface area contributed by atoms with E-state index in [4.69, 9.17) is 13.9 Å². The molecule has 0 saturated heterocycles. The highest BCUT2D eigenvalue weighted by molar-refractivity contribution is 5.78. The molecule has 168 valence electrons. The van der Waals surface area contributed by atoms with Crippen LogP contribution in [0.15, 0.2) is 52.9 Å². The van der Waals surface area contributed by atoms with Crippen molar-refractivity contribution >= 4 is 5.97 Å². The zero-order valence-electron chi connectivity index (χ0n) is 19.1. The Hall–Kier alpha value is -3.08. The number of aryl methyl sites for hydroxylation is 2. The molecular formula is C27H31NO4. The van der Waals surface area contributed by atoms with E-state index in [1.807, 2.05) is 50.2 Å². The predicted octanol–water partition coefficient (Wildman–Crippen LogP) is 5.86. The lowest BCUT2D eigenvalue weighted by Crippen LogP contribution is -2.41. The molecule has 1 aliphatic rings. The second-order valence-corrected chi connectivity index (χ2v) is 8.66. The van der Waals surface area contributed by atoms with Crippen LogP contribution >= 0.6 is 0 Å². The number of aromatic nitrogens is 1. The minimum absolute atomic E-state index is 0.0560. The standard InChI is InChI=1S/C27H31NO4/c1-4-30-26(29)27(15-5-16-27)18-21-8-12-23(13-9-21)31-17-14-24-20(3)32-25(28-24)22-10-6-19(2)7-11-22/h6-13H,4-5,14-18H2,1-3H3. The third-order valence-corrected chi connectivity index (χ3v) is 6.28. The summed E-state index contributed by atoms with van der Waals surface area (Å²) in [5.41, 5.74) is 3.91. The first-order valence-corrected chi connectivity index (χ1v) is 11.4. The fourth-order valence-corrected chi connectivity index (χ4v) is 4.18. The molecule has 0 unspecified atom stereocenters. The van der Waals surface area contributed by atoms with E-state index in [1.165, 1.54) is 5.56 Å². The van der Waals surface area contributed by atoms with Gasteiger partial charge in [-0.05, 0) is 69.9 Å². The van der Waals surface area contributed by atoms with Gasteiger partial charge in [-0.3, -0.25) is 4.79 Å². The van der Waals surface area contributed by atoms with Crippen molar-refractivity contribution in [2.24, 2.45) is 5.41 Å². The van der Waals surface area contributed by atoms with Gasteiger partial charge in [0.05, 0.1) is 24.3 Å². The molecular weight excluding hydrogens is 402 g/mol. The summed E-state index contributed by atoms with van der Waals surface area (Å²) in [6.45, 7) is 6.82. The Labute approximate surface area is 189 Å². The summed E-state index contributed by atoms with van der Waals surface area (Å²) in [5, 5.41) is 0. The third-order valence-electron chi connectivity index (χ3n) is 6.28. The topological polar surface area (TPSA) is 61.6 Å². The van der Waals surface area contributed by atoms with Gasteiger partial charge in [-0.25, -0.2) is 4.98 Å². The average molecular weight is 434 g/mol. The quantitative estimate of drug-likeness (QED) is 0.396. The van der Waals surface area contributed by atoms with Crippen LogP contribution in [-0.4, -0.2) is 24.2 Å². The molecule has 2 aromatic carbocycles.